The molecule has 0 saturated carbocycles. The highest BCUT2D eigenvalue weighted by atomic mass is 32.2. The SMILES string of the molecule is CCCn1c(SCC(=O)N2c3ccccc3NC(=O)CC2C(F)(F)F)nnc1-c1ccncc1. The van der Waals surface area contributed by atoms with Crippen molar-refractivity contribution < 1.29 is 22.8 Å². The van der Waals surface area contributed by atoms with Gasteiger partial charge >= 0.3 is 6.18 Å². The van der Waals surface area contributed by atoms with Crippen molar-refractivity contribution in [2.75, 3.05) is 16.0 Å². The first-order valence-corrected chi connectivity index (χ1v) is 11.5. The molecule has 1 atom stereocenters. The fourth-order valence-electron chi connectivity index (χ4n) is 3.73. The minimum Gasteiger partial charge on any atom is -0.324 e. The van der Waals surface area contributed by atoms with E-state index in [-0.39, 0.29) is 17.1 Å². The lowest BCUT2D eigenvalue weighted by molar-refractivity contribution is -0.157. The first kappa shape index (κ1) is 23.7. The molecule has 0 fully saturated rings. The number of hydrogen-bond donors (Lipinski definition) is 1. The van der Waals surface area contributed by atoms with E-state index >= 15 is 0 Å². The number of carbonyl (C=O) groups is 2. The van der Waals surface area contributed by atoms with Crippen molar-refractivity contribution in [2.45, 2.75) is 43.7 Å². The molecule has 4 rings (SSSR count). The van der Waals surface area contributed by atoms with E-state index in [0.717, 1.165) is 23.7 Å². The topological polar surface area (TPSA) is 93.0 Å². The number of nitrogens with one attached hydrogen (secondary N) is 1. The Morgan fingerprint density at radius 2 is 1.91 bits per heavy atom. The lowest BCUT2D eigenvalue weighted by Crippen LogP contribution is -2.50. The van der Waals surface area contributed by atoms with Crippen LogP contribution >= 0.6 is 11.8 Å². The Bertz CT molecular complexity index is 1180. The van der Waals surface area contributed by atoms with Crippen LogP contribution in [0.25, 0.3) is 11.4 Å². The third kappa shape index (κ3) is 4.91. The first-order valence-electron chi connectivity index (χ1n) is 10.5. The van der Waals surface area contributed by atoms with Crippen molar-refractivity contribution in [1.29, 1.82) is 0 Å². The fraction of sp³-hybridized carbons (Fsp3) is 0.318. The summed E-state index contributed by atoms with van der Waals surface area (Å²) >= 11 is 1.01. The molecule has 0 aliphatic carbocycles. The highest BCUT2D eigenvalue weighted by molar-refractivity contribution is 7.99. The second-order valence-electron chi connectivity index (χ2n) is 7.57. The summed E-state index contributed by atoms with van der Waals surface area (Å²) in [6.07, 6.45) is -1.65. The molecule has 178 valence electrons. The summed E-state index contributed by atoms with van der Waals surface area (Å²) in [4.78, 5) is 30.0. The van der Waals surface area contributed by atoms with Crippen LogP contribution in [0.2, 0.25) is 0 Å². The number of carbonyl (C=O) groups excluding carboxylic acids is 2. The quantitative estimate of drug-likeness (QED) is 0.522. The molecule has 1 unspecified atom stereocenters. The molecule has 1 aliphatic rings. The molecule has 12 heteroatoms. The summed E-state index contributed by atoms with van der Waals surface area (Å²) in [5.74, 6) is -1.31. The van der Waals surface area contributed by atoms with Gasteiger partial charge in [0, 0.05) is 24.5 Å². The van der Waals surface area contributed by atoms with Crippen molar-refractivity contribution in [1.82, 2.24) is 19.7 Å². The van der Waals surface area contributed by atoms with Crippen LogP contribution in [-0.4, -0.2) is 49.5 Å². The van der Waals surface area contributed by atoms with Gasteiger partial charge in [-0.1, -0.05) is 30.8 Å². The van der Waals surface area contributed by atoms with Crippen molar-refractivity contribution in [3.8, 4) is 11.4 Å². The van der Waals surface area contributed by atoms with Gasteiger partial charge in [0.25, 0.3) is 0 Å². The number of aromatic nitrogens is 4. The van der Waals surface area contributed by atoms with Gasteiger partial charge in [0.15, 0.2) is 11.0 Å². The van der Waals surface area contributed by atoms with E-state index in [9.17, 15) is 22.8 Å². The molecule has 2 aromatic heterocycles. The van der Waals surface area contributed by atoms with Crippen LogP contribution in [0.5, 0.6) is 0 Å². The summed E-state index contributed by atoms with van der Waals surface area (Å²) in [5, 5.41) is 11.3. The molecule has 3 heterocycles. The number of pyridine rings is 1. The number of nitrogens with zero attached hydrogens (tertiary/aromatic N) is 5. The number of thioether (sulfide) groups is 1. The van der Waals surface area contributed by atoms with Crippen LogP contribution in [0.15, 0.2) is 53.9 Å². The van der Waals surface area contributed by atoms with E-state index in [1.54, 1.807) is 30.6 Å². The highest BCUT2D eigenvalue weighted by Gasteiger charge is 2.49. The van der Waals surface area contributed by atoms with Gasteiger partial charge in [0.05, 0.1) is 23.5 Å². The molecule has 8 nitrogen and oxygen atoms in total. The van der Waals surface area contributed by atoms with Crippen molar-refractivity contribution in [3.63, 3.8) is 0 Å². The highest BCUT2D eigenvalue weighted by Crippen LogP contribution is 2.38. The molecule has 1 N–H and O–H groups in total. The summed E-state index contributed by atoms with van der Waals surface area (Å²) in [6, 6.07) is 7.25. The van der Waals surface area contributed by atoms with Gasteiger partial charge in [-0.2, -0.15) is 13.2 Å². The molecule has 2 amide bonds. The van der Waals surface area contributed by atoms with Gasteiger partial charge < -0.3 is 9.88 Å². The monoisotopic (exact) mass is 490 g/mol. The van der Waals surface area contributed by atoms with E-state index in [0.29, 0.717) is 22.4 Å². The molecule has 1 aromatic carbocycles. The molecule has 0 saturated heterocycles. The van der Waals surface area contributed by atoms with Crippen molar-refractivity contribution in [2.24, 2.45) is 0 Å². The Morgan fingerprint density at radius 3 is 2.62 bits per heavy atom. The Labute approximate surface area is 197 Å². The molecule has 0 radical (unpaired) electrons. The molecule has 0 spiro atoms. The molecule has 0 bridgehead atoms. The van der Waals surface area contributed by atoms with Gasteiger partial charge in [-0.3, -0.25) is 19.5 Å². The zero-order chi connectivity index (χ0) is 24.3. The number of anilines is 2. The van der Waals surface area contributed by atoms with Gasteiger partial charge in [0.1, 0.15) is 6.04 Å². The number of para-hydroxylation sites is 2. The third-order valence-electron chi connectivity index (χ3n) is 5.20. The fourth-order valence-corrected chi connectivity index (χ4v) is 4.55. The smallest absolute Gasteiger partial charge is 0.324 e. The van der Waals surface area contributed by atoms with Crippen molar-refractivity contribution >= 4 is 35.0 Å². The standard InChI is InChI=1S/C22H21F3N6O2S/c1-2-11-30-20(14-7-9-26-10-8-14)28-29-21(30)34-13-19(33)31-16-6-4-3-5-15(16)27-18(32)12-17(31)22(23,24)25/h3-10,17H,2,11-13H2,1H3,(H,27,32). The Balaban J connectivity index is 1.63. The Morgan fingerprint density at radius 1 is 1.18 bits per heavy atom. The predicted molar refractivity (Wildman–Crippen MR) is 121 cm³/mol. The summed E-state index contributed by atoms with van der Waals surface area (Å²) in [7, 11) is 0. The predicted octanol–water partition coefficient (Wildman–Crippen LogP) is 4.15. The second-order valence-corrected chi connectivity index (χ2v) is 8.52. The van der Waals surface area contributed by atoms with Gasteiger partial charge in [-0.05, 0) is 30.7 Å². The summed E-state index contributed by atoms with van der Waals surface area (Å²) in [5.41, 5.74) is 0.956. The van der Waals surface area contributed by atoms with Crippen LogP contribution in [0, 0.1) is 0 Å². The first-order chi connectivity index (χ1) is 16.3. The van der Waals surface area contributed by atoms with Gasteiger partial charge in [-0.15, -0.1) is 10.2 Å². The van der Waals surface area contributed by atoms with Crippen LogP contribution in [0.3, 0.4) is 0 Å². The van der Waals surface area contributed by atoms with E-state index in [4.69, 9.17) is 0 Å². The maximum atomic E-state index is 13.9. The average Bonchev–Trinajstić information content (AvgIpc) is 3.13. The van der Waals surface area contributed by atoms with Crippen LogP contribution in [0.4, 0.5) is 24.5 Å². The second kappa shape index (κ2) is 9.84. The number of alkyl halides is 3. The summed E-state index contributed by atoms with van der Waals surface area (Å²) in [6.45, 7) is 2.54. The zero-order valence-corrected chi connectivity index (χ0v) is 18.9. The third-order valence-corrected chi connectivity index (χ3v) is 6.15. The molecule has 34 heavy (non-hydrogen) atoms. The molecular weight excluding hydrogens is 469 g/mol. The normalized spacial score (nSPS) is 16.1. The number of rotatable bonds is 6. The number of fused-ring (bicyclic) bond motifs is 1. The average molecular weight is 491 g/mol. The van der Waals surface area contributed by atoms with Gasteiger partial charge in [0.2, 0.25) is 11.8 Å². The Kier molecular flexibility index (Phi) is 6.87. The number of benzene rings is 1. The summed E-state index contributed by atoms with van der Waals surface area (Å²) < 4.78 is 43.5. The largest absolute Gasteiger partial charge is 0.409 e. The Hall–Kier alpha value is -3.41. The molecular formula is C22H21F3N6O2S. The maximum absolute atomic E-state index is 13.9. The number of halogens is 3. The number of amides is 2. The van der Waals surface area contributed by atoms with Crippen LogP contribution < -0.4 is 10.2 Å². The maximum Gasteiger partial charge on any atom is 0.409 e. The van der Waals surface area contributed by atoms with Gasteiger partial charge in [-0.25, -0.2) is 0 Å². The number of hydrogen-bond acceptors (Lipinski definition) is 6. The van der Waals surface area contributed by atoms with Crippen LogP contribution in [0.1, 0.15) is 19.8 Å². The van der Waals surface area contributed by atoms with E-state index in [1.165, 1.54) is 18.2 Å². The van der Waals surface area contributed by atoms with Crippen LogP contribution in [-0.2, 0) is 16.1 Å². The zero-order valence-electron chi connectivity index (χ0n) is 18.1. The lowest BCUT2D eigenvalue weighted by Gasteiger charge is -2.31. The molecule has 3 aromatic rings. The minimum absolute atomic E-state index is 0.00812. The molecule has 1 aliphatic heterocycles. The van der Waals surface area contributed by atoms with E-state index in [2.05, 4.69) is 20.5 Å². The minimum atomic E-state index is -4.79. The van der Waals surface area contributed by atoms with E-state index in [1.807, 2.05) is 11.5 Å². The lowest BCUT2D eigenvalue weighted by atomic mass is 10.1. The van der Waals surface area contributed by atoms with E-state index < -0.39 is 30.5 Å². The van der Waals surface area contributed by atoms with Crippen molar-refractivity contribution in [3.05, 3.63) is 48.8 Å².